The van der Waals surface area contributed by atoms with E-state index in [-0.39, 0.29) is 18.9 Å². The molecule has 1 aliphatic rings. The number of hydrogen-bond acceptors (Lipinski definition) is 6. The van der Waals surface area contributed by atoms with Crippen LogP contribution in [0.5, 0.6) is 0 Å². The highest BCUT2D eigenvalue weighted by atomic mass is 32.2. The summed E-state index contributed by atoms with van der Waals surface area (Å²) in [7, 11) is 0. The summed E-state index contributed by atoms with van der Waals surface area (Å²) >= 11 is 6.44. The van der Waals surface area contributed by atoms with Gasteiger partial charge in [-0.3, -0.25) is 9.69 Å². The van der Waals surface area contributed by atoms with Crippen LogP contribution in [0.1, 0.15) is 18.6 Å². The highest BCUT2D eigenvalue weighted by molar-refractivity contribution is 8.26. The van der Waals surface area contributed by atoms with E-state index >= 15 is 0 Å². The molecular formula is C24H18NO4S2-. The largest absolute Gasteiger partial charge is 0.550 e. The van der Waals surface area contributed by atoms with Crippen molar-refractivity contribution in [2.45, 2.75) is 12.8 Å². The molecule has 0 saturated carbocycles. The molecule has 1 fully saturated rings. The molecule has 0 unspecified atom stereocenters. The third-order valence-electron chi connectivity index (χ3n) is 4.81. The van der Waals surface area contributed by atoms with Crippen LogP contribution in [0.25, 0.3) is 28.5 Å². The van der Waals surface area contributed by atoms with Gasteiger partial charge < -0.3 is 14.3 Å². The number of amides is 1. The predicted octanol–water partition coefficient (Wildman–Crippen LogP) is 4.34. The molecule has 1 aromatic heterocycles. The van der Waals surface area contributed by atoms with E-state index in [4.69, 9.17) is 16.6 Å². The standard InChI is InChI=1S/C24H19NO4S2/c26-22(27)7-4-14-25-23(28)21(31-24(25)30)15-19-12-13-20(29-19)18-10-8-17(9-11-18)16-5-2-1-3-6-16/h1-3,5-6,8-13,15H,4,7,14H2,(H,26,27)/p-1/b21-15-. The van der Waals surface area contributed by atoms with Crippen molar-refractivity contribution in [2.24, 2.45) is 0 Å². The van der Waals surface area contributed by atoms with Crippen molar-refractivity contribution in [3.8, 4) is 22.5 Å². The van der Waals surface area contributed by atoms with Gasteiger partial charge in [-0.05, 0) is 36.1 Å². The summed E-state index contributed by atoms with van der Waals surface area (Å²) in [5, 5.41) is 10.6. The Labute approximate surface area is 189 Å². The Kier molecular flexibility index (Phi) is 6.34. The zero-order valence-corrected chi connectivity index (χ0v) is 18.1. The Bertz CT molecular complexity index is 1150. The molecule has 3 aromatic rings. The molecule has 0 N–H and O–H groups in total. The van der Waals surface area contributed by atoms with Gasteiger partial charge in [-0.2, -0.15) is 0 Å². The molecule has 0 aliphatic carbocycles. The SMILES string of the molecule is O=C([O-])CCCN1C(=O)/C(=C/c2ccc(-c3ccc(-c4ccccc4)cc3)o2)SC1=S. The molecular weight excluding hydrogens is 430 g/mol. The van der Waals surface area contributed by atoms with Gasteiger partial charge in [-0.15, -0.1) is 0 Å². The number of furan rings is 1. The number of nitrogens with zero attached hydrogens (tertiary/aromatic N) is 1. The smallest absolute Gasteiger partial charge is 0.266 e. The van der Waals surface area contributed by atoms with Gasteiger partial charge in [0.05, 0.1) is 4.91 Å². The minimum atomic E-state index is -1.14. The Morgan fingerprint density at radius 3 is 2.39 bits per heavy atom. The van der Waals surface area contributed by atoms with Crippen LogP contribution in [0, 0.1) is 0 Å². The summed E-state index contributed by atoms with van der Waals surface area (Å²) in [5.41, 5.74) is 3.21. The number of hydrogen-bond donors (Lipinski definition) is 0. The molecule has 2 aromatic carbocycles. The van der Waals surface area contributed by atoms with Gasteiger partial charge in [0.1, 0.15) is 15.8 Å². The van der Waals surface area contributed by atoms with Crippen LogP contribution in [0.3, 0.4) is 0 Å². The van der Waals surface area contributed by atoms with Crippen LogP contribution < -0.4 is 5.11 Å². The fourth-order valence-electron chi connectivity index (χ4n) is 3.25. The molecule has 4 rings (SSSR count). The summed E-state index contributed by atoms with van der Waals surface area (Å²) in [4.78, 5) is 25.0. The Hall–Kier alpha value is -3.16. The van der Waals surface area contributed by atoms with Crippen molar-refractivity contribution >= 4 is 46.3 Å². The molecule has 5 nitrogen and oxygen atoms in total. The molecule has 31 heavy (non-hydrogen) atoms. The Balaban J connectivity index is 1.46. The first kappa shape index (κ1) is 21.1. The van der Waals surface area contributed by atoms with Crippen LogP contribution in [0.4, 0.5) is 0 Å². The summed E-state index contributed by atoms with van der Waals surface area (Å²) < 4.78 is 6.33. The van der Waals surface area contributed by atoms with Gasteiger partial charge in [0.2, 0.25) is 0 Å². The zero-order valence-electron chi connectivity index (χ0n) is 16.4. The van der Waals surface area contributed by atoms with E-state index in [1.165, 1.54) is 16.7 Å². The summed E-state index contributed by atoms with van der Waals surface area (Å²) in [6.07, 6.45) is 1.85. The third-order valence-corrected chi connectivity index (χ3v) is 6.19. The van der Waals surface area contributed by atoms with Gasteiger partial charge in [0.25, 0.3) is 5.91 Å². The van der Waals surface area contributed by atoms with E-state index in [2.05, 4.69) is 12.1 Å². The number of thioether (sulfide) groups is 1. The maximum atomic E-state index is 12.6. The second kappa shape index (κ2) is 9.32. The summed E-state index contributed by atoms with van der Waals surface area (Å²) in [6, 6.07) is 21.9. The molecule has 1 saturated heterocycles. The second-order valence-electron chi connectivity index (χ2n) is 6.95. The van der Waals surface area contributed by atoms with Crippen LogP contribution in [0.2, 0.25) is 0 Å². The lowest BCUT2D eigenvalue weighted by Crippen LogP contribution is -2.30. The first-order valence-electron chi connectivity index (χ1n) is 9.72. The summed E-state index contributed by atoms with van der Waals surface area (Å²) in [6.45, 7) is 0.257. The number of carboxylic acids is 1. The number of carbonyl (C=O) groups is 2. The number of benzene rings is 2. The molecule has 7 heteroatoms. The fourth-order valence-corrected chi connectivity index (χ4v) is 4.54. The second-order valence-corrected chi connectivity index (χ2v) is 8.63. The average Bonchev–Trinajstić information content (AvgIpc) is 3.34. The molecule has 0 atom stereocenters. The topological polar surface area (TPSA) is 73.6 Å². The minimum absolute atomic E-state index is 0.110. The van der Waals surface area contributed by atoms with E-state index in [0.29, 0.717) is 27.2 Å². The van der Waals surface area contributed by atoms with Crippen molar-refractivity contribution in [1.82, 2.24) is 4.90 Å². The first-order chi connectivity index (χ1) is 15.0. The Morgan fingerprint density at radius 1 is 1.00 bits per heavy atom. The third kappa shape index (κ3) is 4.95. The summed E-state index contributed by atoms with van der Waals surface area (Å²) in [5.74, 6) is -0.118. The minimum Gasteiger partial charge on any atom is -0.550 e. The monoisotopic (exact) mass is 448 g/mol. The normalized spacial score (nSPS) is 15.1. The van der Waals surface area contributed by atoms with Gasteiger partial charge in [-0.1, -0.05) is 78.6 Å². The van der Waals surface area contributed by atoms with Gasteiger partial charge >= 0.3 is 0 Å². The van der Waals surface area contributed by atoms with Crippen molar-refractivity contribution in [2.75, 3.05) is 6.54 Å². The fraction of sp³-hybridized carbons (Fsp3) is 0.125. The number of carboxylic acid groups (broad SMARTS) is 1. The number of carbonyl (C=O) groups excluding carboxylic acids is 2. The maximum Gasteiger partial charge on any atom is 0.266 e. The van der Waals surface area contributed by atoms with Crippen LogP contribution in [-0.2, 0) is 9.59 Å². The lowest BCUT2D eigenvalue weighted by molar-refractivity contribution is -0.305. The van der Waals surface area contributed by atoms with Gasteiger partial charge in [0.15, 0.2) is 0 Å². The van der Waals surface area contributed by atoms with Gasteiger partial charge in [0, 0.05) is 24.2 Å². The van der Waals surface area contributed by atoms with Crippen molar-refractivity contribution in [3.63, 3.8) is 0 Å². The number of thiocarbonyl (C=S) groups is 1. The Morgan fingerprint density at radius 2 is 1.68 bits per heavy atom. The molecule has 2 heterocycles. The van der Waals surface area contributed by atoms with Crippen LogP contribution in [0.15, 0.2) is 76.1 Å². The lowest BCUT2D eigenvalue weighted by atomic mass is 10.0. The van der Waals surface area contributed by atoms with Crippen molar-refractivity contribution < 1.29 is 19.1 Å². The van der Waals surface area contributed by atoms with E-state index in [0.717, 1.165) is 16.7 Å². The first-order valence-corrected chi connectivity index (χ1v) is 10.9. The molecule has 156 valence electrons. The van der Waals surface area contributed by atoms with E-state index in [1.54, 1.807) is 6.08 Å². The lowest BCUT2D eigenvalue weighted by Gasteiger charge is -2.14. The molecule has 1 amide bonds. The van der Waals surface area contributed by atoms with Crippen molar-refractivity contribution in [3.05, 3.63) is 77.4 Å². The predicted molar refractivity (Wildman–Crippen MR) is 124 cm³/mol. The quantitative estimate of drug-likeness (QED) is 0.395. The number of rotatable bonds is 7. The van der Waals surface area contributed by atoms with E-state index < -0.39 is 5.97 Å². The highest BCUT2D eigenvalue weighted by Crippen LogP contribution is 2.34. The molecule has 0 spiro atoms. The van der Waals surface area contributed by atoms with Crippen molar-refractivity contribution in [1.29, 1.82) is 0 Å². The van der Waals surface area contributed by atoms with E-state index in [1.807, 2.05) is 54.6 Å². The van der Waals surface area contributed by atoms with Crippen LogP contribution in [-0.4, -0.2) is 27.6 Å². The zero-order chi connectivity index (χ0) is 21.8. The van der Waals surface area contributed by atoms with E-state index in [9.17, 15) is 14.7 Å². The maximum absolute atomic E-state index is 12.6. The molecule has 0 radical (unpaired) electrons. The number of aliphatic carboxylic acids is 1. The van der Waals surface area contributed by atoms with Gasteiger partial charge in [-0.25, -0.2) is 0 Å². The molecule has 1 aliphatic heterocycles. The molecule has 0 bridgehead atoms. The average molecular weight is 449 g/mol. The van der Waals surface area contributed by atoms with Crippen LogP contribution >= 0.6 is 24.0 Å². The highest BCUT2D eigenvalue weighted by Gasteiger charge is 2.31.